The Morgan fingerprint density at radius 3 is 2.45 bits per heavy atom. The van der Waals surface area contributed by atoms with E-state index in [-0.39, 0.29) is 18.3 Å². The van der Waals surface area contributed by atoms with Gasteiger partial charge >= 0.3 is 5.97 Å². The summed E-state index contributed by atoms with van der Waals surface area (Å²) in [7, 11) is 5.95. The van der Waals surface area contributed by atoms with E-state index in [9.17, 15) is 9.90 Å². The predicted molar refractivity (Wildman–Crippen MR) is 158 cm³/mol. The van der Waals surface area contributed by atoms with Gasteiger partial charge in [0.15, 0.2) is 0 Å². The Balaban J connectivity index is 2.01. The summed E-state index contributed by atoms with van der Waals surface area (Å²) in [5.41, 5.74) is 11.4. The van der Waals surface area contributed by atoms with Gasteiger partial charge in [-0.15, -0.1) is 11.8 Å². The standard InChI is InChI=1S/C31H37N3O3S/c1-7-37-30(36)28-26(19-38-22-14-9-8-10-15-22)34(6)25-17-23(20-12-11-13-21(16-20)33(4)5)29(35)24(27(25)28)18-31(2,3)32/h8-17,35H,7,18-19,32H2,1-6H3. The van der Waals surface area contributed by atoms with Gasteiger partial charge in [-0.1, -0.05) is 30.3 Å². The number of phenolic OH excluding ortho intramolecular Hbond substituents is 1. The molecule has 0 spiro atoms. The maximum atomic E-state index is 13.4. The minimum atomic E-state index is -0.616. The Labute approximate surface area is 229 Å². The smallest absolute Gasteiger partial charge is 0.340 e. The quantitative estimate of drug-likeness (QED) is 0.193. The van der Waals surface area contributed by atoms with E-state index >= 15 is 0 Å². The van der Waals surface area contributed by atoms with Crippen LogP contribution in [0.1, 0.15) is 42.4 Å². The number of hydrogen-bond acceptors (Lipinski definition) is 6. The van der Waals surface area contributed by atoms with E-state index in [1.807, 2.05) is 82.4 Å². The minimum Gasteiger partial charge on any atom is -0.507 e. The molecule has 1 aromatic heterocycles. The van der Waals surface area contributed by atoms with Crippen LogP contribution in [0.25, 0.3) is 22.0 Å². The summed E-state index contributed by atoms with van der Waals surface area (Å²) in [4.78, 5) is 16.6. The summed E-state index contributed by atoms with van der Waals surface area (Å²) in [5.74, 6) is 0.325. The third-order valence-electron chi connectivity index (χ3n) is 6.59. The van der Waals surface area contributed by atoms with Crippen LogP contribution in [0.15, 0.2) is 65.6 Å². The van der Waals surface area contributed by atoms with Gasteiger partial charge in [0.2, 0.25) is 0 Å². The average Bonchev–Trinajstić information content (AvgIpc) is 3.15. The maximum Gasteiger partial charge on any atom is 0.340 e. The second-order valence-corrected chi connectivity index (χ2v) is 11.5. The van der Waals surface area contributed by atoms with Crippen LogP contribution in [-0.4, -0.2) is 41.9 Å². The SMILES string of the molecule is CCOC(=O)c1c(CSc2ccccc2)n(C)c2cc(-c3cccc(N(C)C)c3)c(O)c(CC(C)(C)N)c12. The summed E-state index contributed by atoms with van der Waals surface area (Å²) >= 11 is 1.66. The minimum absolute atomic E-state index is 0.144. The van der Waals surface area contributed by atoms with Gasteiger partial charge in [0.25, 0.3) is 0 Å². The molecular formula is C31H37N3O3S. The van der Waals surface area contributed by atoms with Crippen LogP contribution in [0, 0.1) is 0 Å². The van der Waals surface area contributed by atoms with Crippen molar-refractivity contribution in [3.8, 4) is 16.9 Å². The van der Waals surface area contributed by atoms with Gasteiger partial charge in [-0.25, -0.2) is 4.79 Å². The van der Waals surface area contributed by atoms with Gasteiger partial charge in [-0.2, -0.15) is 0 Å². The Morgan fingerprint density at radius 2 is 1.82 bits per heavy atom. The van der Waals surface area contributed by atoms with Crippen molar-refractivity contribution < 1.29 is 14.6 Å². The van der Waals surface area contributed by atoms with Crippen molar-refractivity contribution in [3.63, 3.8) is 0 Å². The molecule has 0 aliphatic heterocycles. The van der Waals surface area contributed by atoms with Crippen molar-refractivity contribution in [2.24, 2.45) is 12.8 Å². The number of thioether (sulfide) groups is 1. The lowest BCUT2D eigenvalue weighted by atomic mass is 9.88. The van der Waals surface area contributed by atoms with Crippen molar-refractivity contribution in [2.75, 3.05) is 25.6 Å². The molecule has 0 aliphatic carbocycles. The van der Waals surface area contributed by atoms with E-state index in [4.69, 9.17) is 10.5 Å². The van der Waals surface area contributed by atoms with Crippen molar-refractivity contribution in [2.45, 2.75) is 43.4 Å². The number of anilines is 1. The molecule has 0 saturated carbocycles. The topological polar surface area (TPSA) is 80.7 Å². The van der Waals surface area contributed by atoms with E-state index in [2.05, 4.69) is 22.8 Å². The molecule has 38 heavy (non-hydrogen) atoms. The second-order valence-electron chi connectivity index (χ2n) is 10.5. The first-order valence-corrected chi connectivity index (χ1v) is 13.8. The zero-order chi connectivity index (χ0) is 27.6. The highest BCUT2D eigenvalue weighted by atomic mass is 32.2. The Kier molecular flexibility index (Phi) is 8.09. The summed E-state index contributed by atoms with van der Waals surface area (Å²) in [6.07, 6.45) is 0.387. The second kappa shape index (κ2) is 11.1. The van der Waals surface area contributed by atoms with Crippen molar-refractivity contribution in [1.82, 2.24) is 4.57 Å². The third kappa shape index (κ3) is 5.69. The molecule has 6 nitrogen and oxygen atoms in total. The molecule has 4 aromatic rings. The number of nitrogens with two attached hydrogens (primary N) is 1. The van der Waals surface area contributed by atoms with Crippen LogP contribution in [0.3, 0.4) is 0 Å². The number of carbonyl (C=O) groups is 1. The van der Waals surface area contributed by atoms with Crippen LogP contribution in [0.2, 0.25) is 0 Å². The van der Waals surface area contributed by atoms with Crippen LogP contribution in [0.5, 0.6) is 5.75 Å². The normalized spacial score (nSPS) is 11.7. The number of benzene rings is 3. The molecule has 1 heterocycles. The van der Waals surface area contributed by atoms with Crippen LogP contribution in [-0.2, 0) is 24.0 Å². The largest absolute Gasteiger partial charge is 0.507 e. The van der Waals surface area contributed by atoms with Gasteiger partial charge in [0.1, 0.15) is 5.75 Å². The third-order valence-corrected chi connectivity index (χ3v) is 7.61. The highest BCUT2D eigenvalue weighted by Gasteiger charge is 2.29. The molecule has 3 N–H and O–H groups in total. The van der Waals surface area contributed by atoms with E-state index in [0.717, 1.165) is 27.4 Å². The van der Waals surface area contributed by atoms with Crippen LogP contribution < -0.4 is 10.6 Å². The summed E-state index contributed by atoms with van der Waals surface area (Å²) in [6.45, 7) is 5.92. The molecule has 0 bridgehead atoms. The lowest BCUT2D eigenvalue weighted by molar-refractivity contribution is 0.0527. The number of ether oxygens (including phenoxy) is 1. The number of aromatic hydroxyl groups is 1. The lowest BCUT2D eigenvalue weighted by Crippen LogP contribution is -2.34. The number of nitrogens with zero attached hydrogens (tertiary/aromatic N) is 2. The Morgan fingerprint density at radius 1 is 1.11 bits per heavy atom. The monoisotopic (exact) mass is 531 g/mol. The first-order valence-electron chi connectivity index (χ1n) is 12.8. The number of carbonyl (C=O) groups excluding carboxylic acids is 1. The molecule has 0 aliphatic rings. The van der Waals surface area contributed by atoms with Gasteiger partial charge in [-0.3, -0.25) is 0 Å². The Hall–Kier alpha value is -3.42. The molecule has 0 amide bonds. The number of esters is 1. The summed E-state index contributed by atoms with van der Waals surface area (Å²) < 4.78 is 7.60. The van der Waals surface area contributed by atoms with Crippen LogP contribution in [0.4, 0.5) is 5.69 Å². The highest BCUT2D eigenvalue weighted by Crippen LogP contribution is 2.43. The number of fused-ring (bicyclic) bond motifs is 1. The Bertz CT molecular complexity index is 1450. The molecule has 0 unspecified atom stereocenters. The fourth-order valence-corrected chi connectivity index (χ4v) is 5.76. The van der Waals surface area contributed by atoms with Crippen molar-refractivity contribution in [3.05, 3.63) is 77.5 Å². The summed E-state index contributed by atoms with van der Waals surface area (Å²) in [6, 6.07) is 20.1. The fraction of sp³-hybridized carbons (Fsp3) is 0.323. The van der Waals surface area contributed by atoms with E-state index in [0.29, 0.717) is 34.3 Å². The molecule has 7 heteroatoms. The molecule has 0 fully saturated rings. The highest BCUT2D eigenvalue weighted by molar-refractivity contribution is 7.98. The molecule has 0 saturated heterocycles. The zero-order valence-corrected chi connectivity index (χ0v) is 23.9. The van der Waals surface area contributed by atoms with Gasteiger partial charge in [0, 0.05) is 65.2 Å². The summed E-state index contributed by atoms with van der Waals surface area (Å²) in [5, 5.41) is 12.4. The van der Waals surface area contributed by atoms with E-state index < -0.39 is 5.54 Å². The van der Waals surface area contributed by atoms with Crippen LogP contribution >= 0.6 is 11.8 Å². The molecule has 0 radical (unpaired) electrons. The van der Waals surface area contributed by atoms with Gasteiger partial charge < -0.3 is 25.0 Å². The predicted octanol–water partition coefficient (Wildman–Crippen LogP) is 6.37. The lowest BCUT2D eigenvalue weighted by Gasteiger charge is -2.22. The molecule has 0 atom stereocenters. The number of aryl methyl sites for hydroxylation is 1. The van der Waals surface area contributed by atoms with Crippen molar-refractivity contribution >= 4 is 34.3 Å². The molecule has 4 rings (SSSR count). The molecular weight excluding hydrogens is 494 g/mol. The van der Waals surface area contributed by atoms with E-state index in [1.54, 1.807) is 18.7 Å². The maximum absolute atomic E-state index is 13.4. The average molecular weight is 532 g/mol. The van der Waals surface area contributed by atoms with Crippen molar-refractivity contribution in [1.29, 1.82) is 0 Å². The molecule has 3 aromatic carbocycles. The fourth-order valence-electron chi connectivity index (χ4n) is 4.77. The first kappa shape index (κ1) is 27.6. The number of rotatable bonds is 9. The number of hydrogen-bond donors (Lipinski definition) is 2. The molecule has 200 valence electrons. The number of aromatic nitrogens is 1. The van der Waals surface area contributed by atoms with Gasteiger partial charge in [0.05, 0.1) is 17.7 Å². The number of phenols is 1. The van der Waals surface area contributed by atoms with E-state index in [1.165, 1.54) is 0 Å². The van der Waals surface area contributed by atoms with Gasteiger partial charge in [-0.05, 0) is 63.1 Å². The zero-order valence-electron chi connectivity index (χ0n) is 23.0. The first-order chi connectivity index (χ1) is 18.0.